The maximum Gasteiger partial charge on any atom is 0.395 e. The first-order chi connectivity index (χ1) is 15.3. The largest absolute Gasteiger partial charge is 0.454 e. The van der Waals surface area contributed by atoms with E-state index in [4.69, 9.17) is 16.3 Å². The molecular weight excluding hydrogens is 440 g/mol. The first-order valence-electron chi connectivity index (χ1n) is 10.7. The first kappa shape index (κ1) is 22.7. The van der Waals surface area contributed by atoms with Crippen LogP contribution < -0.4 is 4.74 Å². The zero-order valence-electron chi connectivity index (χ0n) is 17.3. The van der Waals surface area contributed by atoms with Gasteiger partial charge in [-0.2, -0.15) is 13.2 Å². The van der Waals surface area contributed by atoms with Gasteiger partial charge in [-0.3, -0.25) is 0 Å². The van der Waals surface area contributed by atoms with Crippen molar-refractivity contribution in [2.45, 2.75) is 43.7 Å². The van der Waals surface area contributed by atoms with Gasteiger partial charge in [-0.05, 0) is 85.0 Å². The highest BCUT2D eigenvalue weighted by atomic mass is 35.5. The molecule has 0 heterocycles. The van der Waals surface area contributed by atoms with Crippen molar-refractivity contribution < 1.29 is 22.3 Å². The van der Waals surface area contributed by atoms with Crippen LogP contribution in [0.15, 0.2) is 72.8 Å². The molecule has 2 atom stereocenters. The van der Waals surface area contributed by atoms with Gasteiger partial charge in [-0.25, -0.2) is 4.39 Å². The molecule has 4 rings (SSSR count). The molecule has 0 radical (unpaired) electrons. The van der Waals surface area contributed by atoms with Gasteiger partial charge in [-0.1, -0.05) is 48.0 Å². The molecule has 6 heteroatoms. The minimum atomic E-state index is -4.45. The minimum absolute atomic E-state index is 0.00971. The van der Waals surface area contributed by atoms with Crippen LogP contribution >= 0.6 is 11.6 Å². The number of ether oxygens (including phenoxy) is 1. The summed E-state index contributed by atoms with van der Waals surface area (Å²) in [7, 11) is 0. The first-order valence-corrected chi connectivity index (χ1v) is 11.0. The summed E-state index contributed by atoms with van der Waals surface area (Å²) in [5, 5.41) is 0.605. The van der Waals surface area contributed by atoms with E-state index in [1.165, 1.54) is 12.1 Å². The number of benzene rings is 3. The Balaban J connectivity index is 1.56. The van der Waals surface area contributed by atoms with Crippen molar-refractivity contribution in [2.75, 3.05) is 0 Å². The van der Waals surface area contributed by atoms with Gasteiger partial charge < -0.3 is 4.74 Å². The number of hydrogen-bond acceptors (Lipinski definition) is 1. The highest BCUT2D eigenvalue weighted by Gasteiger charge is 2.42. The molecule has 0 N–H and O–H groups in total. The monoisotopic (exact) mass is 462 g/mol. The summed E-state index contributed by atoms with van der Waals surface area (Å²) in [6.45, 7) is 0. The van der Waals surface area contributed by atoms with E-state index in [0.717, 1.165) is 24.5 Å². The highest BCUT2D eigenvalue weighted by Crippen LogP contribution is 2.48. The number of halogens is 5. The van der Waals surface area contributed by atoms with Crippen LogP contribution in [0.2, 0.25) is 5.02 Å². The molecule has 1 nitrogen and oxygen atoms in total. The lowest BCUT2D eigenvalue weighted by Crippen LogP contribution is -2.22. The molecule has 0 saturated heterocycles. The number of rotatable bonds is 8. The Bertz CT molecular complexity index is 1030. The quantitative estimate of drug-likeness (QED) is 0.304. The zero-order valence-corrected chi connectivity index (χ0v) is 18.0. The van der Waals surface area contributed by atoms with Crippen LogP contribution in [0.3, 0.4) is 0 Å². The second-order valence-electron chi connectivity index (χ2n) is 8.27. The third kappa shape index (κ3) is 5.63. The molecule has 32 heavy (non-hydrogen) atoms. The van der Waals surface area contributed by atoms with E-state index in [0.29, 0.717) is 23.1 Å². The molecule has 1 saturated carbocycles. The summed E-state index contributed by atoms with van der Waals surface area (Å²) in [6, 6.07) is 19.2. The summed E-state index contributed by atoms with van der Waals surface area (Å²) in [4.78, 5) is 0. The number of alkyl halides is 3. The molecule has 2 unspecified atom stereocenters. The van der Waals surface area contributed by atoms with Crippen LogP contribution in [0.25, 0.3) is 0 Å². The smallest absolute Gasteiger partial charge is 0.395 e. The van der Waals surface area contributed by atoms with Crippen molar-refractivity contribution in [3.05, 3.63) is 94.8 Å². The van der Waals surface area contributed by atoms with Crippen LogP contribution in [0, 0.1) is 11.7 Å². The fourth-order valence-electron chi connectivity index (χ4n) is 4.18. The Labute approximate surface area is 190 Å². The fraction of sp³-hybridized carbons (Fsp3) is 0.308. The van der Waals surface area contributed by atoms with E-state index >= 15 is 0 Å². The maximum absolute atomic E-state index is 14.3. The molecule has 0 aromatic heterocycles. The molecule has 3 aromatic carbocycles. The van der Waals surface area contributed by atoms with Crippen molar-refractivity contribution in [2.24, 2.45) is 5.92 Å². The molecule has 168 valence electrons. The van der Waals surface area contributed by atoms with Crippen LogP contribution in [0.1, 0.15) is 48.6 Å². The topological polar surface area (TPSA) is 9.23 Å². The fourth-order valence-corrected chi connectivity index (χ4v) is 4.31. The van der Waals surface area contributed by atoms with Crippen LogP contribution in [0.5, 0.6) is 11.5 Å². The lowest BCUT2D eigenvalue weighted by atomic mass is 9.84. The molecular formula is C26H23ClF4O. The minimum Gasteiger partial charge on any atom is -0.454 e. The SMILES string of the molecule is Fc1ccc(C(CCC(c2ccc(Cl)cc2)C2CC2)C(F)(F)F)cc1Oc1ccccc1. The Morgan fingerprint density at radius 3 is 2.16 bits per heavy atom. The maximum atomic E-state index is 14.3. The zero-order chi connectivity index (χ0) is 22.7. The molecule has 1 aliphatic rings. The van der Waals surface area contributed by atoms with Crippen molar-refractivity contribution in [3.8, 4) is 11.5 Å². The standard InChI is InChI=1S/C26H23ClF4O/c27-20-11-8-18(9-12-20)22(17-6-7-17)13-14-23(26(29,30)31)19-10-15-24(28)25(16-19)32-21-4-2-1-3-5-21/h1-5,8-12,15-17,22-23H,6-7,13-14H2. The lowest BCUT2D eigenvalue weighted by Gasteiger charge is -2.24. The Morgan fingerprint density at radius 1 is 0.875 bits per heavy atom. The van der Waals surface area contributed by atoms with Crippen LogP contribution in [-0.2, 0) is 0 Å². The van der Waals surface area contributed by atoms with Gasteiger partial charge in [0.1, 0.15) is 5.75 Å². The number of hydrogen-bond donors (Lipinski definition) is 0. The van der Waals surface area contributed by atoms with E-state index in [-0.39, 0.29) is 23.7 Å². The molecule has 1 aliphatic carbocycles. The van der Waals surface area contributed by atoms with Gasteiger partial charge in [0.15, 0.2) is 11.6 Å². The molecule has 0 spiro atoms. The molecule has 0 aliphatic heterocycles. The lowest BCUT2D eigenvalue weighted by molar-refractivity contribution is -0.152. The van der Waals surface area contributed by atoms with Crippen molar-refractivity contribution in [3.63, 3.8) is 0 Å². The van der Waals surface area contributed by atoms with Crippen LogP contribution in [0.4, 0.5) is 17.6 Å². The summed E-state index contributed by atoms with van der Waals surface area (Å²) in [5.41, 5.74) is 1.03. The van der Waals surface area contributed by atoms with Gasteiger partial charge in [0.2, 0.25) is 0 Å². The molecule has 3 aromatic rings. The Kier molecular flexibility index (Phi) is 6.75. The van der Waals surface area contributed by atoms with Crippen molar-refractivity contribution in [1.82, 2.24) is 0 Å². The van der Waals surface area contributed by atoms with E-state index in [2.05, 4.69) is 0 Å². The predicted molar refractivity (Wildman–Crippen MR) is 118 cm³/mol. The summed E-state index contributed by atoms with van der Waals surface area (Å²) in [5.74, 6) is -1.79. The van der Waals surface area contributed by atoms with E-state index < -0.39 is 17.9 Å². The Morgan fingerprint density at radius 2 is 1.53 bits per heavy atom. The predicted octanol–water partition coefficient (Wildman–Crippen LogP) is 8.89. The molecule has 1 fully saturated rings. The van der Waals surface area contributed by atoms with Gasteiger partial charge in [0.05, 0.1) is 5.92 Å². The molecule has 0 bridgehead atoms. The highest BCUT2D eigenvalue weighted by molar-refractivity contribution is 6.30. The van der Waals surface area contributed by atoms with Gasteiger partial charge in [-0.15, -0.1) is 0 Å². The average Bonchev–Trinajstić information content (AvgIpc) is 3.59. The van der Waals surface area contributed by atoms with Gasteiger partial charge >= 0.3 is 6.18 Å². The van der Waals surface area contributed by atoms with Crippen molar-refractivity contribution in [1.29, 1.82) is 0 Å². The van der Waals surface area contributed by atoms with E-state index in [9.17, 15) is 17.6 Å². The normalized spacial score (nSPS) is 15.9. The third-order valence-electron chi connectivity index (χ3n) is 5.98. The third-order valence-corrected chi connectivity index (χ3v) is 6.23. The second-order valence-corrected chi connectivity index (χ2v) is 8.71. The summed E-state index contributed by atoms with van der Waals surface area (Å²) in [6.07, 6.45) is -2.09. The average molecular weight is 463 g/mol. The van der Waals surface area contributed by atoms with Crippen molar-refractivity contribution >= 4 is 11.6 Å². The van der Waals surface area contributed by atoms with Crippen LogP contribution in [-0.4, -0.2) is 6.18 Å². The van der Waals surface area contributed by atoms with Gasteiger partial charge in [0.25, 0.3) is 0 Å². The second kappa shape index (κ2) is 9.53. The van der Waals surface area contributed by atoms with E-state index in [1.807, 2.05) is 12.1 Å². The summed E-state index contributed by atoms with van der Waals surface area (Å²) >= 11 is 5.97. The van der Waals surface area contributed by atoms with Gasteiger partial charge in [0, 0.05) is 5.02 Å². The summed E-state index contributed by atoms with van der Waals surface area (Å²) < 4.78 is 61.9. The Hall–Kier alpha value is -2.53. The number of para-hydroxylation sites is 1. The van der Waals surface area contributed by atoms with E-state index in [1.54, 1.807) is 42.5 Å². The molecule has 0 amide bonds.